The van der Waals surface area contributed by atoms with Crippen molar-refractivity contribution in [3.05, 3.63) is 11.1 Å². The predicted octanol–water partition coefficient (Wildman–Crippen LogP) is -0.333. The molecule has 0 aliphatic carbocycles. The topological polar surface area (TPSA) is 66.7 Å². The van der Waals surface area contributed by atoms with Crippen LogP contribution in [0.3, 0.4) is 0 Å². The highest BCUT2D eigenvalue weighted by Gasteiger charge is 2.24. The number of sulfone groups is 1. The van der Waals surface area contributed by atoms with Gasteiger partial charge in [0.2, 0.25) is 9.84 Å². The van der Waals surface area contributed by atoms with E-state index in [9.17, 15) is 8.42 Å². The zero-order valence-corrected chi connectivity index (χ0v) is 6.22. The first kappa shape index (κ1) is 7.43. The van der Waals surface area contributed by atoms with Crippen LogP contribution in [0.4, 0.5) is 0 Å². The minimum Gasteiger partial charge on any atom is -0.391 e. The highest BCUT2D eigenvalue weighted by atomic mass is 32.2. The number of aliphatic hydroxyl groups is 1. The molecule has 10 heavy (non-hydrogen) atoms. The minimum atomic E-state index is -3.35. The molecule has 0 radical (unpaired) electrons. The first-order valence-corrected chi connectivity index (χ1v) is 4.17. The lowest BCUT2D eigenvalue weighted by molar-refractivity contribution is 0.338. The van der Waals surface area contributed by atoms with Crippen LogP contribution in [-0.2, 0) is 9.84 Å². The summed E-state index contributed by atoms with van der Waals surface area (Å²) in [6.07, 6.45) is 1.17. The second kappa shape index (κ2) is 2.17. The van der Waals surface area contributed by atoms with Crippen molar-refractivity contribution in [2.45, 2.75) is 6.92 Å². The number of hydrogen-bond donors (Lipinski definition) is 1. The van der Waals surface area contributed by atoms with Crippen molar-refractivity contribution >= 4 is 14.9 Å². The van der Waals surface area contributed by atoms with E-state index < -0.39 is 16.4 Å². The van der Waals surface area contributed by atoms with Crippen LogP contribution in [0, 0.1) is 0 Å². The Hall–Kier alpha value is -0.680. The lowest BCUT2D eigenvalue weighted by atomic mass is 10.6. The second-order valence-electron chi connectivity index (χ2n) is 1.91. The molecule has 1 rings (SSSR count). The average Bonchev–Trinajstić information content (AvgIpc) is 2.10. The molecule has 5 heteroatoms. The number of aliphatic hydroxyl groups excluding tert-OH is 1. The first-order valence-electron chi connectivity index (χ1n) is 2.68. The molecule has 56 valence electrons. The molecule has 1 aliphatic rings. The molecular weight excluding hydrogens is 154 g/mol. The van der Waals surface area contributed by atoms with Gasteiger partial charge in [-0.15, -0.1) is 0 Å². The molecule has 0 atom stereocenters. The third kappa shape index (κ3) is 0.871. The van der Waals surface area contributed by atoms with Crippen molar-refractivity contribution < 1.29 is 13.5 Å². The Morgan fingerprint density at radius 2 is 2.30 bits per heavy atom. The van der Waals surface area contributed by atoms with Gasteiger partial charge in [-0.1, -0.05) is 0 Å². The Bertz CT molecular complexity index is 299. The van der Waals surface area contributed by atoms with E-state index in [2.05, 4.69) is 4.99 Å². The molecule has 0 spiro atoms. The van der Waals surface area contributed by atoms with E-state index in [1.54, 1.807) is 0 Å². The zero-order chi connectivity index (χ0) is 7.78. The van der Waals surface area contributed by atoms with Gasteiger partial charge in [0.25, 0.3) is 0 Å². The van der Waals surface area contributed by atoms with Gasteiger partial charge in [0, 0.05) is 6.20 Å². The van der Waals surface area contributed by atoms with E-state index >= 15 is 0 Å². The van der Waals surface area contributed by atoms with Crippen LogP contribution in [0.25, 0.3) is 0 Å². The first-order chi connectivity index (χ1) is 4.59. The van der Waals surface area contributed by atoms with Crippen LogP contribution >= 0.6 is 0 Å². The summed E-state index contributed by atoms with van der Waals surface area (Å²) < 4.78 is 21.9. The molecule has 1 N–H and O–H groups in total. The maximum absolute atomic E-state index is 11.0. The molecule has 0 aromatic carbocycles. The molecule has 4 nitrogen and oxygen atoms in total. The van der Waals surface area contributed by atoms with E-state index in [1.807, 2.05) is 0 Å². The van der Waals surface area contributed by atoms with Crippen LogP contribution in [0.15, 0.2) is 16.1 Å². The third-order valence-corrected chi connectivity index (χ3v) is 3.09. The van der Waals surface area contributed by atoms with Gasteiger partial charge in [-0.2, -0.15) is 0 Å². The molecule has 0 bridgehead atoms. The van der Waals surface area contributed by atoms with Gasteiger partial charge < -0.3 is 5.11 Å². The summed E-state index contributed by atoms with van der Waals surface area (Å²) in [6, 6.07) is 0. The Kier molecular flexibility index (Phi) is 1.61. The van der Waals surface area contributed by atoms with Crippen LogP contribution in [-0.4, -0.2) is 25.2 Å². The summed E-state index contributed by atoms with van der Waals surface area (Å²) >= 11 is 0. The fraction of sp³-hybridized carbons (Fsp3) is 0.400. The largest absolute Gasteiger partial charge is 0.391 e. The SMILES string of the molecule is CC1=NC=C(CO)S1(=O)=O. The van der Waals surface area contributed by atoms with Gasteiger partial charge in [0.05, 0.1) is 11.5 Å². The fourth-order valence-corrected chi connectivity index (χ4v) is 1.55. The molecule has 0 fully saturated rings. The number of nitrogens with zero attached hydrogens (tertiary/aromatic N) is 1. The Labute approximate surface area is 58.8 Å². The van der Waals surface area contributed by atoms with Gasteiger partial charge in [-0.3, -0.25) is 0 Å². The zero-order valence-electron chi connectivity index (χ0n) is 5.40. The molecule has 0 aromatic heterocycles. The number of aliphatic imine (C=N–C) groups is 1. The Balaban J connectivity index is 3.14. The molecule has 1 aliphatic heterocycles. The van der Waals surface area contributed by atoms with Gasteiger partial charge in [0.1, 0.15) is 5.04 Å². The second-order valence-corrected chi connectivity index (χ2v) is 4.03. The maximum atomic E-state index is 11.0. The van der Waals surface area contributed by atoms with E-state index in [1.165, 1.54) is 13.1 Å². The van der Waals surface area contributed by atoms with E-state index in [-0.39, 0.29) is 9.95 Å². The molecule has 0 saturated carbocycles. The summed E-state index contributed by atoms with van der Waals surface area (Å²) in [5.74, 6) is 0. The van der Waals surface area contributed by atoms with Gasteiger partial charge >= 0.3 is 0 Å². The smallest absolute Gasteiger partial charge is 0.219 e. The van der Waals surface area contributed by atoms with Crippen molar-refractivity contribution in [2.24, 2.45) is 4.99 Å². The molecule has 0 saturated heterocycles. The van der Waals surface area contributed by atoms with Crippen molar-refractivity contribution in [3.63, 3.8) is 0 Å². The van der Waals surface area contributed by atoms with E-state index in [0.29, 0.717) is 0 Å². The molecule has 0 aromatic rings. The van der Waals surface area contributed by atoms with E-state index in [0.717, 1.165) is 0 Å². The van der Waals surface area contributed by atoms with Gasteiger partial charge in [0.15, 0.2) is 0 Å². The molecular formula is C5H7NO3S. The summed E-state index contributed by atoms with van der Waals surface area (Å²) in [5, 5.41) is 8.55. The van der Waals surface area contributed by atoms with Crippen LogP contribution < -0.4 is 0 Å². The van der Waals surface area contributed by atoms with Crippen molar-refractivity contribution in [1.82, 2.24) is 0 Å². The quantitative estimate of drug-likeness (QED) is 0.572. The van der Waals surface area contributed by atoms with Crippen molar-refractivity contribution in [1.29, 1.82) is 0 Å². The number of rotatable bonds is 1. The Morgan fingerprint density at radius 3 is 2.50 bits per heavy atom. The highest BCUT2D eigenvalue weighted by Crippen LogP contribution is 2.15. The lowest BCUT2D eigenvalue weighted by Gasteiger charge is -1.95. The van der Waals surface area contributed by atoms with Crippen LogP contribution in [0.2, 0.25) is 0 Å². The van der Waals surface area contributed by atoms with E-state index in [4.69, 9.17) is 5.11 Å². The van der Waals surface area contributed by atoms with Crippen molar-refractivity contribution in [2.75, 3.05) is 6.61 Å². The fourth-order valence-electron chi connectivity index (χ4n) is 0.617. The highest BCUT2D eigenvalue weighted by molar-refractivity contribution is 8.09. The van der Waals surface area contributed by atoms with Crippen LogP contribution in [0.5, 0.6) is 0 Å². The molecule has 0 amide bonds. The monoisotopic (exact) mass is 161 g/mol. The Morgan fingerprint density at radius 1 is 1.70 bits per heavy atom. The van der Waals surface area contributed by atoms with Crippen LogP contribution in [0.1, 0.15) is 6.92 Å². The number of hydrogen-bond acceptors (Lipinski definition) is 4. The summed E-state index contributed by atoms with van der Waals surface area (Å²) in [4.78, 5) is 3.52. The summed E-state index contributed by atoms with van der Waals surface area (Å²) in [7, 11) is -3.35. The summed E-state index contributed by atoms with van der Waals surface area (Å²) in [6.45, 7) is 0.928. The maximum Gasteiger partial charge on any atom is 0.219 e. The average molecular weight is 161 g/mol. The van der Waals surface area contributed by atoms with Gasteiger partial charge in [-0.25, -0.2) is 13.4 Å². The van der Waals surface area contributed by atoms with Crippen molar-refractivity contribution in [3.8, 4) is 0 Å². The third-order valence-electron chi connectivity index (χ3n) is 1.28. The lowest BCUT2D eigenvalue weighted by Crippen LogP contribution is -2.11. The minimum absolute atomic E-state index is 0.0231. The molecule has 1 heterocycles. The predicted molar refractivity (Wildman–Crippen MR) is 37.2 cm³/mol. The normalized spacial score (nSPS) is 22.2. The van der Waals surface area contributed by atoms with Gasteiger partial charge in [-0.05, 0) is 6.92 Å². The standard InChI is InChI=1S/C5H7NO3S/c1-4-6-2-5(3-7)10(4,8)9/h2,7H,3H2,1H3. The summed E-state index contributed by atoms with van der Waals surface area (Å²) in [5.41, 5.74) is 0. The molecule has 0 unspecified atom stereocenters.